The van der Waals surface area contributed by atoms with Gasteiger partial charge in [-0.15, -0.1) is 11.3 Å². The largest absolute Gasteiger partial charge is 0.326 e. The summed E-state index contributed by atoms with van der Waals surface area (Å²) in [6.07, 6.45) is 4.86. The van der Waals surface area contributed by atoms with Crippen molar-refractivity contribution < 1.29 is 0 Å². The van der Waals surface area contributed by atoms with Crippen LogP contribution in [0.1, 0.15) is 16.3 Å². The Labute approximate surface area is 104 Å². The van der Waals surface area contributed by atoms with E-state index in [0.29, 0.717) is 6.54 Å². The molecule has 0 amide bonds. The molecule has 0 bridgehead atoms. The van der Waals surface area contributed by atoms with Crippen LogP contribution in [0.25, 0.3) is 5.52 Å². The smallest absolute Gasteiger partial charge is 0.118 e. The molecule has 17 heavy (non-hydrogen) atoms. The zero-order valence-corrected chi connectivity index (χ0v) is 10.2. The minimum atomic E-state index is 0.562. The van der Waals surface area contributed by atoms with Crippen molar-refractivity contribution in [1.29, 1.82) is 0 Å². The second-order valence-corrected chi connectivity index (χ2v) is 5.00. The second-order valence-electron chi connectivity index (χ2n) is 3.97. The summed E-state index contributed by atoms with van der Waals surface area (Å²) in [5.74, 6) is 1.07. The highest BCUT2D eigenvalue weighted by Gasteiger charge is 2.05. The van der Waals surface area contributed by atoms with E-state index in [1.54, 1.807) is 11.3 Å². The first-order chi connectivity index (χ1) is 8.36. The number of rotatable bonds is 3. The Kier molecular flexibility index (Phi) is 2.66. The first-order valence-electron chi connectivity index (χ1n) is 5.54. The summed E-state index contributed by atoms with van der Waals surface area (Å²) in [6.45, 7) is 0.562. The number of nitrogens with two attached hydrogens (primary N) is 1. The number of thiophene rings is 1. The quantitative estimate of drug-likeness (QED) is 0.768. The summed E-state index contributed by atoms with van der Waals surface area (Å²) in [4.78, 5) is 5.80. The molecule has 3 aromatic heterocycles. The predicted octanol–water partition coefficient (Wildman–Crippen LogP) is 2.45. The van der Waals surface area contributed by atoms with Gasteiger partial charge in [0.1, 0.15) is 5.82 Å². The SMILES string of the molecule is NCc1ccc2cnc(Cc3cccs3)n2c1. The van der Waals surface area contributed by atoms with Crippen LogP contribution in [0, 0.1) is 0 Å². The zero-order chi connectivity index (χ0) is 11.7. The Hall–Kier alpha value is -1.65. The van der Waals surface area contributed by atoms with Gasteiger partial charge in [-0.25, -0.2) is 4.98 Å². The van der Waals surface area contributed by atoms with Gasteiger partial charge in [-0.2, -0.15) is 0 Å². The molecule has 0 radical (unpaired) electrons. The maximum atomic E-state index is 5.66. The second kappa shape index (κ2) is 4.31. The fourth-order valence-corrected chi connectivity index (χ4v) is 2.61. The number of nitrogens with zero attached hydrogens (tertiary/aromatic N) is 2. The minimum Gasteiger partial charge on any atom is -0.326 e. The lowest BCUT2D eigenvalue weighted by atomic mass is 10.2. The Bertz CT molecular complexity index is 625. The van der Waals surface area contributed by atoms with Gasteiger partial charge in [-0.05, 0) is 23.1 Å². The maximum Gasteiger partial charge on any atom is 0.118 e. The Morgan fingerprint density at radius 3 is 3.00 bits per heavy atom. The fourth-order valence-electron chi connectivity index (χ4n) is 1.91. The molecular formula is C13H13N3S. The van der Waals surface area contributed by atoms with Crippen molar-refractivity contribution in [3.63, 3.8) is 0 Å². The van der Waals surface area contributed by atoms with E-state index in [-0.39, 0.29) is 0 Å². The van der Waals surface area contributed by atoms with Gasteiger partial charge in [0.2, 0.25) is 0 Å². The average molecular weight is 243 g/mol. The minimum absolute atomic E-state index is 0.562. The van der Waals surface area contributed by atoms with Gasteiger partial charge >= 0.3 is 0 Å². The molecule has 0 aliphatic carbocycles. The Morgan fingerprint density at radius 2 is 2.24 bits per heavy atom. The molecule has 0 atom stereocenters. The van der Waals surface area contributed by atoms with Crippen LogP contribution in [-0.4, -0.2) is 9.38 Å². The van der Waals surface area contributed by atoms with E-state index in [2.05, 4.69) is 39.2 Å². The van der Waals surface area contributed by atoms with Crippen LogP contribution in [0.4, 0.5) is 0 Å². The van der Waals surface area contributed by atoms with Gasteiger partial charge in [0.15, 0.2) is 0 Å². The summed E-state index contributed by atoms with van der Waals surface area (Å²) in [6, 6.07) is 8.32. The summed E-state index contributed by atoms with van der Waals surface area (Å²) >= 11 is 1.76. The zero-order valence-electron chi connectivity index (χ0n) is 9.34. The number of pyridine rings is 1. The predicted molar refractivity (Wildman–Crippen MR) is 70.2 cm³/mol. The van der Waals surface area contributed by atoms with Crippen molar-refractivity contribution in [3.05, 3.63) is 58.3 Å². The van der Waals surface area contributed by atoms with Gasteiger partial charge in [0, 0.05) is 24.0 Å². The maximum absolute atomic E-state index is 5.66. The Morgan fingerprint density at radius 1 is 1.29 bits per heavy atom. The van der Waals surface area contributed by atoms with E-state index in [1.807, 2.05) is 12.3 Å². The van der Waals surface area contributed by atoms with Crippen LogP contribution in [0.3, 0.4) is 0 Å². The van der Waals surface area contributed by atoms with Crippen LogP contribution in [0.15, 0.2) is 42.0 Å². The lowest BCUT2D eigenvalue weighted by molar-refractivity contribution is 0.948. The topological polar surface area (TPSA) is 43.3 Å². The summed E-state index contributed by atoms with van der Waals surface area (Å²) in [5.41, 5.74) is 7.91. The lowest BCUT2D eigenvalue weighted by Gasteiger charge is -2.02. The van der Waals surface area contributed by atoms with Gasteiger partial charge in [-0.3, -0.25) is 0 Å². The average Bonchev–Trinajstić information content (AvgIpc) is 2.99. The molecule has 0 unspecified atom stereocenters. The third kappa shape index (κ3) is 1.97. The molecule has 0 aliphatic heterocycles. The van der Waals surface area contributed by atoms with Gasteiger partial charge in [0.25, 0.3) is 0 Å². The van der Waals surface area contributed by atoms with Crippen LogP contribution in [0.5, 0.6) is 0 Å². The molecular weight excluding hydrogens is 230 g/mol. The molecule has 0 aliphatic rings. The highest BCUT2D eigenvalue weighted by molar-refractivity contribution is 7.09. The van der Waals surface area contributed by atoms with Crippen molar-refractivity contribution in [3.8, 4) is 0 Å². The summed E-state index contributed by atoms with van der Waals surface area (Å²) < 4.78 is 2.13. The van der Waals surface area contributed by atoms with E-state index in [0.717, 1.165) is 23.3 Å². The molecule has 86 valence electrons. The van der Waals surface area contributed by atoms with Crippen molar-refractivity contribution in [2.24, 2.45) is 5.73 Å². The van der Waals surface area contributed by atoms with Gasteiger partial charge in [-0.1, -0.05) is 12.1 Å². The molecule has 0 spiro atoms. The standard InChI is InChI=1S/C13H13N3S/c14-7-10-3-4-11-8-15-13(16(11)9-10)6-12-2-1-5-17-12/h1-5,8-9H,6-7,14H2. The van der Waals surface area contributed by atoms with E-state index < -0.39 is 0 Å². The third-order valence-corrected chi connectivity index (χ3v) is 3.69. The van der Waals surface area contributed by atoms with Crippen molar-refractivity contribution >= 4 is 16.9 Å². The molecule has 3 rings (SSSR count). The fraction of sp³-hybridized carbons (Fsp3) is 0.154. The third-order valence-electron chi connectivity index (χ3n) is 2.81. The van der Waals surface area contributed by atoms with Crippen molar-refractivity contribution in [1.82, 2.24) is 9.38 Å². The first-order valence-corrected chi connectivity index (χ1v) is 6.42. The van der Waals surface area contributed by atoms with Crippen molar-refractivity contribution in [2.75, 3.05) is 0 Å². The van der Waals surface area contributed by atoms with Gasteiger partial charge < -0.3 is 10.1 Å². The number of hydrogen-bond donors (Lipinski definition) is 1. The molecule has 2 N–H and O–H groups in total. The molecule has 0 saturated heterocycles. The normalized spacial score (nSPS) is 11.1. The van der Waals surface area contributed by atoms with Crippen LogP contribution in [-0.2, 0) is 13.0 Å². The van der Waals surface area contributed by atoms with E-state index >= 15 is 0 Å². The van der Waals surface area contributed by atoms with E-state index in [4.69, 9.17) is 5.73 Å². The van der Waals surface area contributed by atoms with Crippen molar-refractivity contribution in [2.45, 2.75) is 13.0 Å². The van der Waals surface area contributed by atoms with Crippen LogP contribution in [0.2, 0.25) is 0 Å². The molecule has 3 nitrogen and oxygen atoms in total. The molecule has 0 aromatic carbocycles. The van der Waals surface area contributed by atoms with Gasteiger partial charge in [0.05, 0.1) is 11.7 Å². The molecule has 3 aromatic rings. The monoisotopic (exact) mass is 243 g/mol. The highest BCUT2D eigenvalue weighted by atomic mass is 32.1. The molecule has 3 heterocycles. The van der Waals surface area contributed by atoms with Crippen LogP contribution >= 0.6 is 11.3 Å². The number of fused-ring (bicyclic) bond motifs is 1. The Balaban J connectivity index is 2.04. The molecule has 0 saturated carbocycles. The first kappa shape index (κ1) is 10.5. The lowest BCUT2D eigenvalue weighted by Crippen LogP contribution is -2.00. The van der Waals surface area contributed by atoms with Crippen LogP contribution < -0.4 is 5.73 Å². The summed E-state index contributed by atoms with van der Waals surface area (Å²) in [7, 11) is 0. The highest BCUT2D eigenvalue weighted by Crippen LogP contribution is 2.16. The molecule has 0 fully saturated rings. The molecule has 4 heteroatoms. The number of aromatic nitrogens is 2. The summed E-state index contributed by atoms with van der Waals surface area (Å²) in [5, 5.41) is 2.09. The van der Waals surface area contributed by atoms with E-state index in [1.165, 1.54) is 4.88 Å². The number of imidazole rings is 1. The van der Waals surface area contributed by atoms with E-state index in [9.17, 15) is 0 Å². The number of hydrogen-bond acceptors (Lipinski definition) is 3.